The number of rotatable bonds is 7. The first-order valence-electron chi connectivity index (χ1n) is 9.90. The zero-order valence-corrected chi connectivity index (χ0v) is 16.9. The summed E-state index contributed by atoms with van der Waals surface area (Å²) in [6.45, 7) is 9.60. The molecule has 8 nitrogen and oxygen atoms in total. The minimum absolute atomic E-state index is 0.101. The number of likely N-dealkylation sites (tertiary alicyclic amines) is 1. The SMILES string of the molecule is Cc1cc(COCN(C)C(=O)CN2CCC(N3CCN(C)CC3)CC2)no1. The maximum atomic E-state index is 12.4. The summed E-state index contributed by atoms with van der Waals surface area (Å²) in [5, 5.41) is 3.88. The maximum absolute atomic E-state index is 12.4. The van der Waals surface area contributed by atoms with E-state index in [1.807, 2.05) is 13.0 Å². The number of amides is 1. The molecule has 1 aromatic rings. The second kappa shape index (κ2) is 9.64. The molecule has 8 heteroatoms. The second-order valence-electron chi connectivity index (χ2n) is 7.84. The van der Waals surface area contributed by atoms with E-state index in [1.54, 1.807) is 11.9 Å². The second-order valence-corrected chi connectivity index (χ2v) is 7.84. The van der Waals surface area contributed by atoms with Crippen molar-refractivity contribution in [2.75, 3.05) is 66.6 Å². The molecule has 0 spiro atoms. The summed E-state index contributed by atoms with van der Waals surface area (Å²) in [6, 6.07) is 2.52. The van der Waals surface area contributed by atoms with Crippen molar-refractivity contribution in [1.82, 2.24) is 24.8 Å². The number of likely N-dealkylation sites (N-methyl/N-ethyl adjacent to an activating group) is 2. The van der Waals surface area contributed by atoms with Crippen molar-refractivity contribution in [3.8, 4) is 0 Å². The molecule has 2 aliphatic heterocycles. The average Bonchev–Trinajstić information content (AvgIpc) is 3.08. The van der Waals surface area contributed by atoms with Gasteiger partial charge in [0.05, 0.1) is 13.2 Å². The summed E-state index contributed by atoms with van der Waals surface area (Å²) in [4.78, 5) is 21.4. The smallest absolute Gasteiger partial charge is 0.238 e. The van der Waals surface area contributed by atoms with E-state index in [0.717, 1.165) is 50.5 Å². The van der Waals surface area contributed by atoms with Gasteiger partial charge in [-0.05, 0) is 26.8 Å². The van der Waals surface area contributed by atoms with Crippen molar-refractivity contribution in [3.05, 3.63) is 17.5 Å². The fourth-order valence-corrected chi connectivity index (χ4v) is 3.79. The summed E-state index contributed by atoms with van der Waals surface area (Å²) in [5.74, 6) is 0.863. The van der Waals surface area contributed by atoms with Crippen LogP contribution >= 0.6 is 0 Å². The number of aryl methyl sites for hydroxylation is 1. The molecule has 1 aromatic heterocycles. The number of piperazine rings is 1. The van der Waals surface area contributed by atoms with Crippen LogP contribution in [0.2, 0.25) is 0 Å². The Kier molecular flexibility index (Phi) is 7.23. The molecule has 0 saturated carbocycles. The molecule has 1 amide bonds. The number of ether oxygens (including phenoxy) is 1. The van der Waals surface area contributed by atoms with Crippen LogP contribution in [-0.2, 0) is 16.1 Å². The number of carbonyl (C=O) groups is 1. The molecule has 0 aromatic carbocycles. The van der Waals surface area contributed by atoms with Gasteiger partial charge in [-0.3, -0.25) is 14.6 Å². The Morgan fingerprint density at radius 2 is 1.96 bits per heavy atom. The van der Waals surface area contributed by atoms with E-state index in [-0.39, 0.29) is 12.6 Å². The lowest BCUT2D eigenvalue weighted by atomic mass is 10.0. The van der Waals surface area contributed by atoms with Crippen molar-refractivity contribution in [2.24, 2.45) is 0 Å². The van der Waals surface area contributed by atoms with E-state index in [1.165, 1.54) is 13.1 Å². The van der Waals surface area contributed by atoms with Crippen molar-refractivity contribution >= 4 is 5.91 Å². The molecule has 0 radical (unpaired) electrons. The Balaban J connectivity index is 1.32. The molecule has 3 rings (SSSR count). The van der Waals surface area contributed by atoms with Gasteiger partial charge in [-0.1, -0.05) is 5.16 Å². The van der Waals surface area contributed by atoms with Crippen LogP contribution in [0.5, 0.6) is 0 Å². The molecule has 0 atom stereocenters. The van der Waals surface area contributed by atoms with Crippen LogP contribution in [0.4, 0.5) is 0 Å². The molecule has 0 bridgehead atoms. The van der Waals surface area contributed by atoms with Gasteiger partial charge in [0.25, 0.3) is 0 Å². The fourth-order valence-electron chi connectivity index (χ4n) is 3.79. The van der Waals surface area contributed by atoms with Gasteiger partial charge in [0.15, 0.2) is 0 Å². The number of hydrogen-bond acceptors (Lipinski definition) is 7. The van der Waals surface area contributed by atoms with Gasteiger partial charge in [0.1, 0.15) is 18.2 Å². The van der Waals surface area contributed by atoms with E-state index >= 15 is 0 Å². The molecule has 2 saturated heterocycles. The van der Waals surface area contributed by atoms with E-state index in [9.17, 15) is 4.79 Å². The highest BCUT2D eigenvalue weighted by molar-refractivity contribution is 5.77. The summed E-state index contributed by atoms with van der Waals surface area (Å²) < 4.78 is 10.6. The first kappa shape index (κ1) is 20.3. The van der Waals surface area contributed by atoms with Crippen LogP contribution in [0.15, 0.2) is 10.6 Å². The molecule has 152 valence electrons. The van der Waals surface area contributed by atoms with Crippen LogP contribution < -0.4 is 0 Å². The lowest BCUT2D eigenvalue weighted by Gasteiger charge is -2.42. The Hall–Kier alpha value is -1.48. The van der Waals surface area contributed by atoms with Gasteiger partial charge in [-0.15, -0.1) is 0 Å². The van der Waals surface area contributed by atoms with Gasteiger partial charge < -0.3 is 19.1 Å². The van der Waals surface area contributed by atoms with Crippen molar-refractivity contribution in [1.29, 1.82) is 0 Å². The van der Waals surface area contributed by atoms with Crippen LogP contribution in [0.25, 0.3) is 0 Å². The van der Waals surface area contributed by atoms with Gasteiger partial charge in [-0.2, -0.15) is 0 Å². The van der Waals surface area contributed by atoms with Gasteiger partial charge in [-0.25, -0.2) is 0 Å². The van der Waals surface area contributed by atoms with Crippen LogP contribution in [0.1, 0.15) is 24.3 Å². The molecule has 0 aliphatic carbocycles. The van der Waals surface area contributed by atoms with Crippen LogP contribution in [0.3, 0.4) is 0 Å². The highest BCUT2D eigenvalue weighted by atomic mass is 16.5. The van der Waals surface area contributed by atoms with E-state index in [2.05, 4.69) is 26.9 Å². The average molecular weight is 380 g/mol. The monoisotopic (exact) mass is 379 g/mol. The number of carbonyl (C=O) groups excluding carboxylic acids is 1. The summed E-state index contributed by atoms with van der Waals surface area (Å²) in [7, 11) is 3.98. The molecular formula is C19H33N5O3. The minimum atomic E-state index is 0.101. The number of piperidine rings is 1. The van der Waals surface area contributed by atoms with Gasteiger partial charge >= 0.3 is 0 Å². The van der Waals surface area contributed by atoms with Crippen molar-refractivity contribution in [2.45, 2.75) is 32.4 Å². The van der Waals surface area contributed by atoms with E-state index < -0.39 is 0 Å². The normalized spacial score (nSPS) is 20.9. The lowest BCUT2D eigenvalue weighted by Crippen LogP contribution is -2.53. The molecular weight excluding hydrogens is 346 g/mol. The van der Waals surface area contributed by atoms with E-state index in [0.29, 0.717) is 19.2 Å². The molecule has 2 fully saturated rings. The molecule has 27 heavy (non-hydrogen) atoms. The number of aromatic nitrogens is 1. The summed E-state index contributed by atoms with van der Waals surface area (Å²) >= 11 is 0. The molecule has 2 aliphatic rings. The predicted molar refractivity (Wildman–Crippen MR) is 102 cm³/mol. The zero-order chi connectivity index (χ0) is 19.2. The largest absolute Gasteiger partial charge is 0.361 e. The summed E-state index contributed by atoms with van der Waals surface area (Å²) in [5.41, 5.74) is 0.749. The Bertz CT molecular complexity index is 592. The predicted octanol–water partition coefficient (Wildman–Crippen LogP) is 0.627. The topological polar surface area (TPSA) is 65.3 Å². The first-order valence-corrected chi connectivity index (χ1v) is 9.90. The maximum Gasteiger partial charge on any atom is 0.238 e. The van der Waals surface area contributed by atoms with Crippen LogP contribution in [0, 0.1) is 6.92 Å². The Morgan fingerprint density at radius 3 is 2.59 bits per heavy atom. The number of nitrogens with zero attached hydrogens (tertiary/aromatic N) is 5. The fraction of sp³-hybridized carbons (Fsp3) is 0.789. The Morgan fingerprint density at radius 1 is 1.26 bits per heavy atom. The molecule has 3 heterocycles. The van der Waals surface area contributed by atoms with Gasteiger partial charge in [0, 0.05) is 58.4 Å². The third-order valence-corrected chi connectivity index (χ3v) is 5.61. The highest BCUT2D eigenvalue weighted by Gasteiger charge is 2.27. The number of hydrogen-bond donors (Lipinski definition) is 0. The zero-order valence-electron chi connectivity index (χ0n) is 16.9. The third kappa shape index (κ3) is 6.00. The molecule has 0 unspecified atom stereocenters. The quantitative estimate of drug-likeness (QED) is 0.644. The van der Waals surface area contributed by atoms with Crippen LogP contribution in [-0.4, -0.2) is 103 Å². The highest BCUT2D eigenvalue weighted by Crippen LogP contribution is 2.18. The molecule has 0 N–H and O–H groups in total. The Labute approximate surface area is 162 Å². The third-order valence-electron chi connectivity index (χ3n) is 5.61. The standard InChI is InChI=1S/C19H33N5O3/c1-16-12-17(20-27-16)14-26-15-22(3)19(25)13-23-6-4-18(5-7-23)24-10-8-21(2)9-11-24/h12,18H,4-11,13-15H2,1-3H3. The van der Waals surface area contributed by atoms with Gasteiger partial charge in [0.2, 0.25) is 5.91 Å². The van der Waals surface area contributed by atoms with E-state index in [4.69, 9.17) is 9.26 Å². The minimum Gasteiger partial charge on any atom is -0.361 e. The first-order chi connectivity index (χ1) is 13.0. The lowest BCUT2D eigenvalue weighted by molar-refractivity contribution is -0.137. The van der Waals surface area contributed by atoms with Crippen molar-refractivity contribution < 1.29 is 14.1 Å². The summed E-state index contributed by atoms with van der Waals surface area (Å²) in [6.07, 6.45) is 2.31. The van der Waals surface area contributed by atoms with Crippen molar-refractivity contribution in [3.63, 3.8) is 0 Å².